The zero-order valence-corrected chi connectivity index (χ0v) is 20.2. The molecule has 6 heteroatoms. The van der Waals surface area contributed by atoms with Crippen LogP contribution in [0.15, 0.2) is 0 Å². The van der Waals surface area contributed by atoms with Crippen molar-refractivity contribution in [2.75, 3.05) is 26.2 Å². The molecular formula is C21H42N2O3Si. The van der Waals surface area contributed by atoms with E-state index in [4.69, 9.17) is 9.16 Å². The predicted molar refractivity (Wildman–Crippen MR) is 113 cm³/mol. The van der Waals surface area contributed by atoms with E-state index in [1.807, 2.05) is 25.7 Å². The van der Waals surface area contributed by atoms with Crippen LogP contribution >= 0.6 is 0 Å². The van der Waals surface area contributed by atoms with E-state index in [1.54, 1.807) is 0 Å². The fourth-order valence-electron chi connectivity index (χ4n) is 4.52. The largest absolute Gasteiger partial charge is 0.444 e. The highest BCUT2D eigenvalue weighted by atomic mass is 28.3. The normalized spacial score (nSPS) is 30.4. The van der Waals surface area contributed by atoms with Crippen molar-refractivity contribution >= 4 is 15.1 Å². The number of ether oxygens (including phenoxy) is 1. The molecule has 1 unspecified atom stereocenters. The third kappa shape index (κ3) is 5.27. The molecule has 0 radical (unpaired) electrons. The highest BCUT2D eigenvalue weighted by Crippen LogP contribution is 2.49. The maximum Gasteiger partial charge on any atom is 0.412 e. The Morgan fingerprint density at radius 2 is 1.78 bits per heavy atom. The molecule has 2 rings (SSSR count). The van der Waals surface area contributed by atoms with Gasteiger partial charge in [-0.3, -0.25) is 4.90 Å². The lowest BCUT2D eigenvalue weighted by atomic mass is 9.77. The third-order valence-electron chi connectivity index (χ3n) is 6.03. The zero-order valence-electron chi connectivity index (χ0n) is 19.1. The number of carbonyl (C=O) groups is 1. The molecular weight excluding hydrogens is 356 g/mol. The minimum atomic E-state index is -1.36. The van der Waals surface area contributed by atoms with Crippen LogP contribution in [0.5, 0.6) is 0 Å². The van der Waals surface area contributed by atoms with Crippen molar-refractivity contribution in [3.05, 3.63) is 0 Å². The van der Waals surface area contributed by atoms with Gasteiger partial charge in [-0.15, -0.1) is 0 Å². The summed E-state index contributed by atoms with van der Waals surface area (Å²) in [4.78, 5) is 17.7. The minimum absolute atomic E-state index is 0.132. The van der Waals surface area contributed by atoms with E-state index >= 15 is 0 Å². The first-order valence-electron chi connectivity index (χ1n) is 10.7. The highest BCUT2D eigenvalue weighted by Gasteiger charge is 2.57. The molecule has 2 aliphatic heterocycles. The molecule has 0 aromatic heterocycles. The Morgan fingerprint density at radius 3 is 2.22 bits per heavy atom. The molecule has 2 heterocycles. The van der Waals surface area contributed by atoms with Gasteiger partial charge in [0, 0.05) is 19.0 Å². The van der Waals surface area contributed by atoms with Crippen LogP contribution in [0.3, 0.4) is 0 Å². The quantitative estimate of drug-likeness (QED) is 0.661. The van der Waals surface area contributed by atoms with E-state index in [-0.39, 0.29) is 11.5 Å². The van der Waals surface area contributed by atoms with Gasteiger partial charge in [-0.1, -0.05) is 27.7 Å². The number of hydrogen-bond acceptors (Lipinski definition) is 4. The third-order valence-corrected chi connectivity index (χ3v) is 6.91. The van der Waals surface area contributed by atoms with E-state index in [1.165, 1.54) is 0 Å². The van der Waals surface area contributed by atoms with Crippen molar-refractivity contribution in [1.29, 1.82) is 0 Å². The summed E-state index contributed by atoms with van der Waals surface area (Å²) >= 11 is 0. The Labute approximate surface area is 168 Å². The summed E-state index contributed by atoms with van der Waals surface area (Å²) in [6.07, 6.45) is 1.80. The predicted octanol–water partition coefficient (Wildman–Crippen LogP) is 4.33. The summed E-state index contributed by atoms with van der Waals surface area (Å²) < 4.78 is 12.6. The molecule has 2 fully saturated rings. The Hall–Kier alpha value is -0.593. The van der Waals surface area contributed by atoms with Gasteiger partial charge < -0.3 is 14.1 Å². The van der Waals surface area contributed by atoms with Gasteiger partial charge in [-0.25, -0.2) is 4.79 Å². The summed E-state index contributed by atoms with van der Waals surface area (Å²) in [5.41, 5.74) is -0.874. The van der Waals surface area contributed by atoms with Crippen molar-refractivity contribution in [3.63, 3.8) is 0 Å². The molecule has 0 aromatic carbocycles. The number of likely N-dealkylation sites (tertiary alicyclic amines) is 2. The summed E-state index contributed by atoms with van der Waals surface area (Å²) in [6, 6.07) is 0. The highest BCUT2D eigenvalue weighted by molar-refractivity contribution is 6.48. The van der Waals surface area contributed by atoms with Gasteiger partial charge in [0.2, 0.25) is 0 Å². The fourth-order valence-corrected chi connectivity index (χ4v) is 5.75. The molecule has 0 saturated carbocycles. The molecule has 0 N–H and O–H groups in total. The van der Waals surface area contributed by atoms with Crippen molar-refractivity contribution in [2.45, 2.75) is 85.7 Å². The number of carbonyl (C=O) groups excluding carboxylic acids is 1. The van der Waals surface area contributed by atoms with E-state index in [0.717, 1.165) is 39.0 Å². The van der Waals surface area contributed by atoms with Crippen LogP contribution in [0.25, 0.3) is 0 Å². The molecule has 2 aliphatic rings. The van der Waals surface area contributed by atoms with Gasteiger partial charge in [0.25, 0.3) is 0 Å². The van der Waals surface area contributed by atoms with Crippen LogP contribution in [-0.2, 0) is 9.16 Å². The Bertz CT molecular complexity index is 527. The lowest BCUT2D eigenvalue weighted by Gasteiger charge is -2.44. The molecule has 5 nitrogen and oxygen atoms in total. The van der Waals surface area contributed by atoms with Gasteiger partial charge in [0.15, 0.2) is 9.04 Å². The Morgan fingerprint density at radius 1 is 1.15 bits per heavy atom. The average molecular weight is 399 g/mol. The molecule has 0 bridgehead atoms. The second-order valence-corrected chi connectivity index (χ2v) is 13.1. The lowest BCUT2D eigenvalue weighted by Crippen LogP contribution is -2.57. The number of nitrogens with zero attached hydrogens (tertiary/aromatic N) is 2. The average Bonchev–Trinajstić information content (AvgIpc) is 3.09. The van der Waals surface area contributed by atoms with Crippen LogP contribution < -0.4 is 0 Å². The van der Waals surface area contributed by atoms with E-state index in [2.05, 4.69) is 45.7 Å². The first-order valence-corrected chi connectivity index (χ1v) is 13.5. The molecule has 158 valence electrons. The molecule has 3 atom stereocenters. The molecule has 0 aliphatic carbocycles. The molecule has 1 amide bonds. The van der Waals surface area contributed by atoms with Gasteiger partial charge >= 0.3 is 6.09 Å². The smallest absolute Gasteiger partial charge is 0.412 e. The maximum atomic E-state index is 13.3. The monoisotopic (exact) mass is 398 g/mol. The van der Waals surface area contributed by atoms with Crippen molar-refractivity contribution in [3.8, 4) is 0 Å². The lowest BCUT2D eigenvalue weighted by molar-refractivity contribution is -0.102. The van der Waals surface area contributed by atoms with Crippen LogP contribution in [0.2, 0.25) is 13.1 Å². The SMILES string of the molecule is CCN1CCC([C@@]2(O[SiH](C)C)C[C@H](C(C)(C)C)CN2C(=O)OC(C)(C)C)C1. The molecule has 0 spiro atoms. The van der Waals surface area contributed by atoms with Gasteiger partial charge in [0.1, 0.15) is 11.3 Å². The van der Waals surface area contributed by atoms with Gasteiger partial charge in [0.05, 0.1) is 0 Å². The summed E-state index contributed by atoms with van der Waals surface area (Å²) in [5, 5.41) is 0. The maximum absolute atomic E-state index is 13.3. The second kappa shape index (κ2) is 8.03. The topological polar surface area (TPSA) is 42.0 Å². The van der Waals surface area contributed by atoms with E-state index in [0.29, 0.717) is 11.8 Å². The first-order chi connectivity index (χ1) is 12.3. The molecule has 27 heavy (non-hydrogen) atoms. The summed E-state index contributed by atoms with van der Waals surface area (Å²) in [7, 11) is -1.36. The molecule has 0 aromatic rings. The number of amides is 1. The van der Waals surface area contributed by atoms with Crippen LogP contribution in [0, 0.1) is 17.3 Å². The number of hydrogen-bond donors (Lipinski definition) is 0. The first kappa shape index (κ1) is 22.7. The van der Waals surface area contributed by atoms with E-state index in [9.17, 15) is 4.79 Å². The van der Waals surface area contributed by atoms with Crippen LogP contribution in [-0.4, -0.2) is 62.4 Å². The minimum Gasteiger partial charge on any atom is -0.444 e. The van der Waals surface area contributed by atoms with Crippen LogP contribution in [0.1, 0.15) is 61.3 Å². The summed E-state index contributed by atoms with van der Waals surface area (Å²) in [6.45, 7) is 23.2. The van der Waals surface area contributed by atoms with Crippen molar-refractivity contribution in [2.24, 2.45) is 17.3 Å². The van der Waals surface area contributed by atoms with Crippen LogP contribution in [0.4, 0.5) is 4.79 Å². The Balaban J connectivity index is 2.41. The van der Waals surface area contributed by atoms with Crippen molar-refractivity contribution < 1.29 is 14.0 Å². The summed E-state index contributed by atoms with van der Waals surface area (Å²) in [5.74, 6) is 0.765. The van der Waals surface area contributed by atoms with Gasteiger partial charge in [-0.05, 0) is 71.1 Å². The second-order valence-electron chi connectivity index (χ2n) is 10.7. The number of rotatable bonds is 4. The zero-order chi connectivity index (χ0) is 20.6. The Kier molecular flexibility index (Phi) is 6.75. The van der Waals surface area contributed by atoms with Crippen molar-refractivity contribution in [1.82, 2.24) is 9.80 Å². The molecule has 2 saturated heterocycles. The standard InChI is InChI=1S/C21H42N2O3Si/c1-10-22-12-11-16(14-22)21(26-27(8)9)13-17(19(2,3)4)15-23(21)18(24)25-20(5,6)7/h16-17,27H,10-15H2,1-9H3/t16?,17-,21-/m0/s1. The van der Waals surface area contributed by atoms with Gasteiger partial charge in [-0.2, -0.15) is 0 Å². The van der Waals surface area contributed by atoms with E-state index < -0.39 is 20.4 Å². The fraction of sp³-hybridized carbons (Fsp3) is 0.952.